The molecule has 3 rings (SSSR count). The summed E-state index contributed by atoms with van der Waals surface area (Å²) < 4.78 is 5.37. The lowest BCUT2D eigenvalue weighted by molar-refractivity contribution is -0.129. The number of likely N-dealkylation sites (tertiary alicyclic amines) is 1. The number of nitrogens with zero attached hydrogens (tertiary/aromatic N) is 1. The molecular formula is C18H23Cl2N3O3. The van der Waals surface area contributed by atoms with Crippen LogP contribution in [0.25, 0.3) is 0 Å². The Labute approximate surface area is 163 Å². The first-order chi connectivity index (χ1) is 12.5. The molecule has 2 heterocycles. The van der Waals surface area contributed by atoms with Gasteiger partial charge < -0.3 is 20.3 Å². The van der Waals surface area contributed by atoms with Crippen molar-refractivity contribution < 1.29 is 14.3 Å². The standard InChI is InChI=1S/C18H23Cl2N3O3/c19-15-2-1-12(9-16(15)20)18(25)21-10-17(24)23-6-3-14(11-23)22-13-4-7-26-8-5-13/h1-2,9,13-14,22H,3-8,10-11H2,(H,21,25). The Hall–Kier alpha value is -1.34. The van der Waals surface area contributed by atoms with Crippen LogP contribution in [0, 0.1) is 0 Å². The van der Waals surface area contributed by atoms with Crippen LogP contribution in [-0.4, -0.2) is 61.6 Å². The summed E-state index contributed by atoms with van der Waals surface area (Å²) >= 11 is 11.8. The van der Waals surface area contributed by atoms with E-state index in [9.17, 15) is 9.59 Å². The lowest BCUT2D eigenvalue weighted by Crippen LogP contribution is -2.44. The summed E-state index contributed by atoms with van der Waals surface area (Å²) in [5.74, 6) is -0.414. The molecule has 2 fully saturated rings. The van der Waals surface area contributed by atoms with Crippen molar-refractivity contribution in [2.45, 2.75) is 31.3 Å². The minimum atomic E-state index is -0.340. The van der Waals surface area contributed by atoms with Gasteiger partial charge in [0.2, 0.25) is 5.91 Å². The number of nitrogens with one attached hydrogen (secondary N) is 2. The van der Waals surface area contributed by atoms with Crippen molar-refractivity contribution in [3.63, 3.8) is 0 Å². The number of halogens is 2. The van der Waals surface area contributed by atoms with Gasteiger partial charge in [0.1, 0.15) is 0 Å². The van der Waals surface area contributed by atoms with Crippen LogP contribution in [0.5, 0.6) is 0 Å². The maximum atomic E-state index is 12.4. The zero-order chi connectivity index (χ0) is 18.5. The normalized spacial score (nSPS) is 21.0. The minimum absolute atomic E-state index is 0.0247. The summed E-state index contributed by atoms with van der Waals surface area (Å²) in [7, 11) is 0. The van der Waals surface area contributed by atoms with Crippen LogP contribution >= 0.6 is 23.2 Å². The van der Waals surface area contributed by atoms with Crippen molar-refractivity contribution in [2.24, 2.45) is 0 Å². The number of carbonyl (C=O) groups excluding carboxylic acids is 2. The van der Waals surface area contributed by atoms with E-state index in [0.717, 1.165) is 32.5 Å². The van der Waals surface area contributed by atoms with Crippen molar-refractivity contribution in [1.82, 2.24) is 15.5 Å². The van der Waals surface area contributed by atoms with E-state index in [-0.39, 0.29) is 18.4 Å². The van der Waals surface area contributed by atoms with Gasteiger partial charge in [-0.1, -0.05) is 23.2 Å². The Morgan fingerprint density at radius 3 is 2.62 bits per heavy atom. The molecule has 142 valence electrons. The van der Waals surface area contributed by atoms with Crippen molar-refractivity contribution in [3.05, 3.63) is 33.8 Å². The molecule has 2 amide bonds. The fourth-order valence-corrected chi connectivity index (χ4v) is 3.63. The second kappa shape index (κ2) is 9.04. The molecule has 1 unspecified atom stereocenters. The fourth-order valence-electron chi connectivity index (χ4n) is 3.33. The summed E-state index contributed by atoms with van der Waals surface area (Å²) in [6, 6.07) is 5.42. The SMILES string of the molecule is O=C(NCC(=O)N1CCC(NC2CCOCC2)C1)c1ccc(Cl)c(Cl)c1. The molecule has 8 heteroatoms. The van der Waals surface area contributed by atoms with E-state index in [2.05, 4.69) is 10.6 Å². The van der Waals surface area contributed by atoms with Crippen LogP contribution in [0.4, 0.5) is 0 Å². The summed E-state index contributed by atoms with van der Waals surface area (Å²) in [5.41, 5.74) is 0.382. The number of rotatable bonds is 5. The maximum absolute atomic E-state index is 12.4. The zero-order valence-electron chi connectivity index (χ0n) is 14.5. The highest BCUT2D eigenvalue weighted by atomic mass is 35.5. The third-order valence-electron chi connectivity index (χ3n) is 4.82. The van der Waals surface area contributed by atoms with Gasteiger partial charge >= 0.3 is 0 Å². The van der Waals surface area contributed by atoms with Crippen molar-refractivity contribution in [2.75, 3.05) is 32.8 Å². The highest BCUT2D eigenvalue weighted by Crippen LogP contribution is 2.22. The molecule has 26 heavy (non-hydrogen) atoms. The van der Waals surface area contributed by atoms with Gasteiger partial charge in [-0.3, -0.25) is 9.59 Å². The predicted molar refractivity (Wildman–Crippen MR) is 101 cm³/mol. The molecule has 0 radical (unpaired) electrons. The van der Waals surface area contributed by atoms with Gasteiger partial charge in [-0.15, -0.1) is 0 Å². The topological polar surface area (TPSA) is 70.7 Å². The summed E-state index contributed by atoms with van der Waals surface area (Å²) in [4.78, 5) is 26.3. The highest BCUT2D eigenvalue weighted by Gasteiger charge is 2.28. The molecular weight excluding hydrogens is 377 g/mol. The number of hydrogen-bond acceptors (Lipinski definition) is 4. The van der Waals surface area contributed by atoms with Crippen LogP contribution in [0.3, 0.4) is 0 Å². The summed E-state index contributed by atoms with van der Waals surface area (Å²) in [6.07, 6.45) is 2.97. The Balaban J connectivity index is 1.43. The van der Waals surface area contributed by atoms with Gasteiger partial charge in [0.05, 0.1) is 16.6 Å². The van der Waals surface area contributed by atoms with E-state index in [1.165, 1.54) is 6.07 Å². The van der Waals surface area contributed by atoms with Gasteiger partial charge in [0.25, 0.3) is 5.91 Å². The maximum Gasteiger partial charge on any atom is 0.251 e. The van der Waals surface area contributed by atoms with Gasteiger partial charge in [-0.2, -0.15) is 0 Å². The largest absolute Gasteiger partial charge is 0.381 e. The Morgan fingerprint density at radius 1 is 1.12 bits per heavy atom. The van der Waals surface area contributed by atoms with Gasteiger partial charge in [-0.25, -0.2) is 0 Å². The highest BCUT2D eigenvalue weighted by molar-refractivity contribution is 6.42. The first-order valence-electron chi connectivity index (χ1n) is 8.88. The molecule has 0 aromatic heterocycles. The molecule has 6 nitrogen and oxygen atoms in total. The van der Waals surface area contributed by atoms with Crippen LogP contribution < -0.4 is 10.6 Å². The Bertz CT molecular complexity index is 665. The molecule has 1 atom stereocenters. The van der Waals surface area contributed by atoms with Crippen LogP contribution in [0.1, 0.15) is 29.6 Å². The molecule has 0 aliphatic carbocycles. The van der Waals surface area contributed by atoms with Gasteiger partial charge in [-0.05, 0) is 37.5 Å². The van der Waals surface area contributed by atoms with E-state index in [1.54, 1.807) is 17.0 Å². The lowest BCUT2D eigenvalue weighted by atomic mass is 10.1. The molecule has 2 aliphatic rings. The van der Waals surface area contributed by atoms with Gasteiger partial charge in [0, 0.05) is 44.0 Å². The number of amides is 2. The van der Waals surface area contributed by atoms with E-state index in [4.69, 9.17) is 27.9 Å². The zero-order valence-corrected chi connectivity index (χ0v) is 16.0. The molecule has 0 saturated carbocycles. The third kappa shape index (κ3) is 5.10. The number of carbonyl (C=O) groups is 2. The van der Waals surface area contributed by atoms with Crippen LogP contribution in [-0.2, 0) is 9.53 Å². The average molecular weight is 400 g/mol. The van der Waals surface area contributed by atoms with Crippen molar-refractivity contribution >= 4 is 35.0 Å². The molecule has 2 aliphatic heterocycles. The summed E-state index contributed by atoms with van der Waals surface area (Å²) in [6.45, 7) is 2.96. The average Bonchev–Trinajstić information content (AvgIpc) is 3.11. The second-order valence-electron chi connectivity index (χ2n) is 6.69. The third-order valence-corrected chi connectivity index (χ3v) is 5.55. The minimum Gasteiger partial charge on any atom is -0.381 e. The molecule has 2 N–H and O–H groups in total. The molecule has 2 saturated heterocycles. The Kier molecular flexibility index (Phi) is 6.75. The lowest BCUT2D eigenvalue weighted by Gasteiger charge is -2.26. The van der Waals surface area contributed by atoms with E-state index >= 15 is 0 Å². The quantitative estimate of drug-likeness (QED) is 0.794. The monoisotopic (exact) mass is 399 g/mol. The van der Waals surface area contributed by atoms with E-state index < -0.39 is 0 Å². The molecule has 1 aromatic rings. The van der Waals surface area contributed by atoms with E-state index in [0.29, 0.717) is 40.8 Å². The summed E-state index contributed by atoms with van der Waals surface area (Å²) in [5, 5.41) is 6.97. The molecule has 0 bridgehead atoms. The molecule has 1 aromatic carbocycles. The first-order valence-corrected chi connectivity index (χ1v) is 9.63. The van der Waals surface area contributed by atoms with Crippen molar-refractivity contribution in [3.8, 4) is 0 Å². The predicted octanol–water partition coefficient (Wildman–Crippen LogP) is 2.09. The number of ether oxygens (including phenoxy) is 1. The number of benzene rings is 1. The fraction of sp³-hybridized carbons (Fsp3) is 0.556. The molecule has 0 spiro atoms. The first kappa shape index (κ1) is 19.4. The van der Waals surface area contributed by atoms with Gasteiger partial charge in [0.15, 0.2) is 0 Å². The smallest absolute Gasteiger partial charge is 0.251 e. The van der Waals surface area contributed by atoms with Crippen molar-refractivity contribution in [1.29, 1.82) is 0 Å². The number of hydrogen-bond donors (Lipinski definition) is 2. The Morgan fingerprint density at radius 2 is 1.88 bits per heavy atom. The van der Waals surface area contributed by atoms with Crippen LogP contribution in [0.15, 0.2) is 18.2 Å². The van der Waals surface area contributed by atoms with Crippen LogP contribution in [0.2, 0.25) is 10.0 Å². The second-order valence-corrected chi connectivity index (χ2v) is 7.50. The van der Waals surface area contributed by atoms with E-state index in [1.807, 2.05) is 0 Å².